The van der Waals surface area contributed by atoms with E-state index >= 15 is 0 Å². The molecule has 3 aromatic carbocycles. The van der Waals surface area contributed by atoms with Gasteiger partial charge in [0.1, 0.15) is 8.07 Å². The fourth-order valence-electron chi connectivity index (χ4n) is 15.2. The number of rotatable bonds is 2. The molecule has 0 unspecified atom stereocenters. The van der Waals surface area contributed by atoms with Crippen LogP contribution in [0.25, 0.3) is 0 Å². The van der Waals surface area contributed by atoms with E-state index in [9.17, 15) is 0 Å². The first-order valence-electron chi connectivity index (χ1n) is 18.8. The smallest absolute Gasteiger partial charge is 0.251 e. The van der Waals surface area contributed by atoms with E-state index in [1.165, 1.54) is 82.6 Å². The van der Waals surface area contributed by atoms with Crippen molar-refractivity contribution in [2.24, 2.45) is 35.5 Å². The lowest BCUT2D eigenvalue weighted by Gasteiger charge is -2.65. The fourth-order valence-corrected chi connectivity index (χ4v) is 18.4. The molecule has 0 amide bonds. The van der Waals surface area contributed by atoms with Crippen molar-refractivity contribution in [3.8, 4) is 0 Å². The van der Waals surface area contributed by atoms with Gasteiger partial charge in [-0.1, -0.05) is 47.7 Å². The van der Waals surface area contributed by atoms with Gasteiger partial charge in [-0.25, -0.2) is 0 Å². The standard InChI is InChI=1S/C41H47BN2Si/c1-24-10-33-37-34(11-24)44(41-21-28-15-29(22-41)17-30(16-28)23-41)32-7-5-9-36-39(32)42(37)38-31(6-4-8-35(38)45(36,2)3)43(33)40-18-25-12-26(19-40)14-27(13-25)20-40/h4-11,25-30H,12-23H2,1-3H3. The molecular formula is C41H47BN2Si. The molecule has 4 heteroatoms. The highest BCUT2D eigenvalue weighted by molar-refractivity contribution is 7.16. The second-order valence-electron chi connectivity index (χ2n) is 18.7. The summed E-state index contributed by atoms with van der Waals surface area (Å²) in [5.41, 5.74) is 13.7. The van der Waals surface area contributed by atoms with Crippen LogP contribution in [0.4, 0.5) is 22.7 Å². The molecule has 45 heavy (non-hydrogen) atoms. The molecule has 0 aromatic heterocycles. The summed E-state index contributed by atoms with van der Waals surface area (Å²) in [6.07, 6.45) is 17.5. The molecule has 8 aliphatic carbocycles. The van der Waals surface area contributed by atoms with E-state index in [-0.39, 0.29) is 0 Å². The quantitative estimate of drug-likeness (QED) is 0.308. The van der Waals surface area contributed by atoms with Crippen LogP contribution in [0, 0.1) is 42.4 Å². The van der Waals surface area contributed by atoms with Crippen molar-refractivity contribution in [3.63, 3.8) is 0 Å². The van der Waals surface area contributed by atoms with Crippen molar-refractivity contribution in [3.05, 3.63) is 54.1 Å². The molecule has 0 spiro atoms. The van der Waals surface area contributed by atoms with Crippen LogP contribution in [0.1, 0.15) is 82.6 Å². The third kappa shape index (κ3) is 2.98. The third-order valence-corrected chi connectivity index (χ3v) is 19.1. The molecular weight excluding hydrogens is 559 g/mol. The second-order valence-corrected chi connectivity index (χ2v) is 23.0. The minimum absolute atomic E-state index is 0.296. The maximum absolute atomic E-state index is 3.07. The predicted molar refractivity (Wildman–Crippen MR) is 192 cm³/mol. The molecule has 0 N–H and O–H groups in total. The maximum atomic E-state index is 3.07. The normalized spacial score (nSPS) is 39.5. The Balaban J connectivity index is 1.18. The van der Waals surface area contributed by atoms with E-state index in [0.717, 1.165) is 35.5 Å². The van der Waals surface area contributed by atoms with Crippen LogP contribution in [0.15, 0.2) is 48.5 Å². The zero-order valence-electron chi connectivity index (χ0n) is 27.5. The van der Waals surface area contributed by atoms with Crippen LogP contribution in [-0.2, 0) is 0 Å². The molecule has 3 aliphatic heterocycles. The van der Waals surface area contributed by atoms with Crippen LogP contribution >= 0.6 is 0 Å². The molecule has 8 fully saturated rings. The number of hydrogen-bond acceptors (Lipinski definition) is 2. The molecule has 8 saturated carbocycles. The van der Waals surface area contributed by atoms with Gasteiger partial charge in [-0.15, -0.1) is 0 Å². The Morgan fingerprint density at radius 2 is 0.933 bits per heavy atom. The lowest BCUT2D eigenvalue weighted by molar-refractivity contribution is 0.000355. The van der Waals surface area contributed by atoms with Gasteiger partial charge in [0, 0.05) is 33.8 Å². The Morgan fingerprint density at radius 3 is 1.31 bits per heavy atom. The SMILES string of the molecule is Cc1cc2c3c(c1)N(C14CC5CC(CC(C5)C1)C4)c1cccc4c1B3c1c(cccc1[Si]4(C)C)N2C12CC3CC(CC(C3)C1)C2. The first-order valence-corrected chi connectivity index (χ1v) is 21.8. The average molecular weight is 607 g/mol. The van der Waals surface area contributed by atoms with Gasteiger partial charge < -0.3 is 9.80 Å². The van der Waals surface area contributed by atoms with E-state index in [1.54, 1.807) is 49.5 Å². The average Bonchev–Trinajstić information content (AvgIpc) is 2.98. The molecule has 228 valence electrons. The Kier molecular flexibility index (Phi) is 4.54. The largest absolute Gasteiger partial charge is 0.336 e. The Hall–Kier alpha value is -2.46. The summed E-state index contributed by atoms with van der Waals surface area (Å²) in [7, 11) is -1.91. The minimum Gasteiger partial charge on any atom is -0.336 e. The van der Waals surface area contributed by atoms with Crippen LogP contribution in [0.3, 0.4) is 0 Å². The summed E-state index contributed by atoms with van der Waals surface area (Å²) in [6.45, 7) is 8.17. The highest BCUT2D eigenvalue weighted by atomic mass is 28.3. The van der Waals surface area contributed by atoms with E-state index in [0.29, 0.717) is 17.8 Å². The molecule has 0 atom stereocenters. The molecule has 2 nitrogen and oxygen atoms in total. The van der Waals surface area contributed by atoms with Gasteiger partial charge in [0.25, 0.3) is 6.71 Å². The summed E-state index contributed by atoms with van der Waals surface area (Å²) in [4.78, 5) is 6.14. The van der Waals surface area contributed by atoms with E-state index in [4.69, 9.17) is 0 Å². The highest BCUT2D eigenvalue weighted by Gasteiger charge is 2.61. The Bertz CT molecular complexity index is 1660. The number of benzene rings is 3. The number of anilines is 4. The van der Waals surface area contributed by atoms with Crippen LogP contribution in [0.5, 0.6) is 0 Å². The third-order valence-electron chi connectivity index (χ3n) is 15.6. The highest BCUT2D eigenvalue weighted by Crippen LogP contribution is 2.62. The van der Waals surface area contributed by atoms with Crippen molar-refractivity contribution >= 4 is 64.3 Å². The zero-order chi connectivity index (χ0) is 29.6. The van der Waals surface area contributed by atoms with Crippen molar-refractivity contribution in [1.82, 2.24) is 0 Å². The van der Waals surface area contributed by atoms with Gasteiger partial charge in [0.15, 0.2) is 0 Å². The Morgan fingerprint density at radius 1 is 0.556 bits per heavy atom. The van der Waals surface area contributed by atoms with Crippen molar-refractivity contribution in [1.29, 1.82) is 0 Å². The molecule has 8 bridgehead atoms. The van der Waals surface area contributed by atoms with Gasteiger partial charge in [0.05, 0.1) is 0 Å². The van der Waals surface area contributed by atoms with Crippen molar-refractivity contribution in [2.45, 2.75) is 108 Å². The van der Waals surface area contributed by atoms with Gasteiger partial charge in [-0.3, -0.25) is 0 Å². The predicted octanol–water partition coefficient (Wildman–Crippen LogP) is 6.49. The molecule has 0 radical (unpaired) electrons. The monoisotopic (exact) mass is 606 g/mol. The number of nitrogens with zero attached hydrogens (tertiary/aromatic N) is 2. The first-order chi connectivity index (χ1) is 21.8. The summed E-state index contributed by atoms with van der Waals surface area (Å²) >= 11 is 0. The number of hydrogen-bond donors (Lipinski definition) is 0. The van der Waals surface area contributed by atoms with Gasteiger partial charge in [-0.05, 0) is 166 Å². The van der Waals surface area contributed by atoms with Gasteiger partial charge >= 0.3 is 0 Å². The lowest BCUT2D eigenvalue weighted by atomic mass is 9.32. The molecule has 0 saturated heterocycles. The van der Waals surface area contributed by atoms with Gasteiger partial charge in [-0.2, -0.15) is 0 Å². The number of aryl methyl sites for hydroxylation is 1. The minimum atomic E-state index is -1.91. The summed E-state index contributed by atoms with van der Waals surface area (Å²) in [5, 5.41) is 3.45. The summed E-state index contributed by atoms with van der Waals surface area (Å²) in [6, 6.07) is 20.5. The Labute approximate surface area is 271 Å². The lowest BCUT2D eigenvalue weighted by Crippen LogP contribution is -2.81. The van der Waals surface area contributed by atoms with Crippen molar-refractivity contribution < 1.29 is 0 Å². The maximum Gasteiger partial charge on any atom is 0.251 e. The summed E-state index contributed by atoms with van der Waals surface area (Å²) < 4.78 is 0. The molecule has 3 heterocycles. The van der Waals surface area contributed by atoms with Crippen molar-refractivity contribution in [2.75, 3.05) is 9.80 Å². The van der Waals surface area contributed by atoms with E-state index in [1.807, 2.05) is 0 Å². The summed E-state index contributed by atoms with van der Waals surface area (Å²) in [5.74, 6) is 5.64. The fraction of sp³-hybridized carbons (Fsp3) is 0.561. The molecule has 11 aliphatic rings. The van der Waals surface area contributed by atoms with Gasteiger partial charge in [0.2, 0.25) is 0 Å². The van der Waals surface area contributed by atoms with E-state index in [2.05, 4.69) is 78.3 Å². The first kappa shape index (κ1) is 25.6. The second kappa shape index (κ2) is 7.97. The molecule has 14 rings (SSSR count). The van der Waals surface area contributed by atoms with Crippen LogP contribution < -0.4 is 36.6 Å². The topological polar surface area (TPSA) is 6.48 Å². The van der Waals surface area contributed by atoms with Crippen LogP contribution in [0.2, 0.25) is 13.1 Å². The van der Waals surface area contributed by atoms with E-state index < -0.39 is 8.07 Å². The molecule has 3 aromatic rings. The van der Waals surface area contributed by atoms with Crippen LogP contribution in [-0.4, -0.2) is 25.9 Å². The zero-order valence-corrected chi connectivity index (χ0v) is 28.5.